The molecule has 1 unspecified atom stereocenters. The van der Waals surface area contributed by atoms with E-state index in [2.05, 4.69) is 5.32 Å². The standard InChI is InChI=1S/C5H13NO3S/c1-5(6-2)3-4-10(7,8)9/h5-6H,3-4H2,1-2H3,(H,7,8,9). The van der Waals surface area contributed by atoms with Gasteiger partial charge in [0.15, 0.2) is 0 Å². The fourth-order valence-corrected chi connectivity index (χ4v) is 1.12. The van der Waals surface area contributed by atoms with Crippen molar-refractivity contribution >= 4 is 10.1 Å². The molecule has 0 aromatic carbocycles. The molecule has 0 aliphatic heterocycles. The van der Waals surface area contributed by atoms with Crippen molar-refractivity contribution in [2.24, 2.45) is 0 Å². The monoisotopic (exact) mass is 167 g/mol. The van der Waals surface area contributed by atoms with Crippen LogP contribution in [0.3, 0.4) is 0 Å². The Bertz CT molecular complexity index is 175. The first-order valence-corrected chi connectivity index (χ1v) is 4.69. The minimum absolute atomic E-state index is 0.127. The molecule has 0 fully saturated rings. The predicted molar refractivity (Wildman–Crippen MR) is 39.6 cm³/mol. The molecular weight excluding hydrogens is 154 g/mol. The quantitative estimate of drug-likeness (QED) is 0.572. The van der Waals surface area contributed by atoms with Gasteiger partial charge in [0.05, 0.1) is 5.75 Å². The lowest BCUT2D eigenvalue weighted by molar-refractivity contribution is 0.474. The van der Waals surface area contributed by atoms with Crippen LogP contribution in [0.5, 0.6) is 0 Å². The average Bonchev–Trinajstić information content (AvgIpc) is 1.81. The van der Waals surface area contributed by atoms with Gasteiger partial charge in [-0.3, -0.25) is 4.55 Å². The van der Waals surface area contributed by atoms with Gasteiger partial charge < -0.3 is 5.32 Å². The first kappa shape index (κ1) is 9.87. The van der Waals surface area contributed by atoms with Gasteiger partial charge in [-0.2, -0.15) is 8.42 Å². The zero-order valence-corrected chi connectivity index (χ0v) is 6.98. The van der Waals surface area contributed by atoms with Gasteiger partial charge in [0.25, 0.3) is 10.1 Å². The molecule has 4 nitrogen and oxygen atoms in total. The van der Waals surface area contributed by atoms with E-state index in [4.69, 9.17) is 4.55 Å². The third-order valence-corrected chi connectivity index (χ3v) is 2.05. The smallest absolute Gasteiger partial charge is 0.264 e. The lowest BCUT2D eigenvalue weighted by Gasteiger charge is -2.06. The van der Waals surface area contributed by atoms with Crippen LogP contribution in [0.2, 0.25) is 0 Å². The minimum Gasteiger partial charge on any atom is -0.317 e. The third kappa shape index (κ3) is 6.00. The first-order chi connectivity index (χ1) is 4.45. The first-order valence-electron chi connectivity index (χ1n) is 3.08. The zero-order valence-electron chi connectivity index (χ0n) is 6.16. The van der Waals surface area contributed by atoms with Crippen LogP contribution in [0.4, 0.5) is 0 Å². The molecule has 10 heavy (non-hydrogen) atoms. The summed E-state index contributed by atoms with van der Waals surface area (Å²) in [6.07, 6.45) is 0.440. The normalized spacial score (nSPS) is 15.1. The van der Waals surface area contributed by atoms with E-state index >= 15 is 0 Å². The largest absolute Gasteiger partial charge is 0.317 e. The molecule has 1 atom stereocenters. The minimum atomic E-state index is -3.77. The summed E-state index contributed by atoms with van der Waals surface area (Å²) >= 11 is 0. The van der Waals surface area contributed by atoms with Gasteiger partial charge in [0.1, 0.15) is 0 Å². The van der Waals surface area contributed by atoms with Gasteiger partial charge in [-0.25, -0.2) is 0 Å². The summed E-state index contributed by atoms with van der Waals surface area (Å²) in [7, 11) is -2.02. The van der Waals surface area contributed by atoms with Crippen molar-refractivity contribution in [2.45, 2.75) is 19.4 Å². The fourth-order valence-electron chi connectivity index (χ4n) is 0.470. The Hall–Kier alpha value is -0.130. The maximum absolute atomic E-state index is 10.2. The zero-order chi connectivity index (χ0) is 8.20. The highest BCUT2D eigenvalue weighted by Gasteiger charge is 2.06. The molecule has 5 heteroatoms. The average molecular weight is 167 g/mol. The molecule has 0 saturated carbocycles. The van der Waals surface area contributed by atoms with Gasteiger partial charge in [0.2, 0.25) is 0 Å². The van der Waals surface area contributed by atoms with E-state index in [0.717, 1.165) is 0 Å². The van der Waals surface area contributed by atoms with Crippen molar-refractivity contribution in [1.82, 2.24) is 5.32 Å². The van der Waals surface area contributed by atoms with Gasteiger partial charge >= 0.3 is 0 Å². The van der Waals surface area contributed by atoms with E-state index in [1.165, 1.54) is 0 Å². The fraction of sp³-hybridized carbons (Fsp3) is 1.00. The molecule has 62 valence electrons. The molecule has 0 rings (SSSR count). The molecule has 0 radical (unpaired) electrons. The molecule has 0 saturated heterocycles. The number of nitrogens with one attached hydrogen (secondary N) is 1. The van der Waals surface area contributed by atoms with E-state index in [1.54, 1.807) is 7.05 Å². The summed E-state index contributed by atoms with van der Waals surface area (Å²) in [5.74, 6) is -0.172. The lowest BCUT2D eigenvalue weighted by atomic mass is 10.3. The van der Waals surface area contributed by atoms with Crippen molar-refractivity contribution in [2.75, 3.05) is 12.8 Å². The molecule has 0 aliphatic carbocycles. The summed E-state index contributed by atoms with van der Waals surface area (Å²) < 4.78 is 28.7. The summed E-state index contributed by atoms with van der Waals surface area (Å²) in [5.41, 5.74) is 0. The Morgan fingerprint density at radius 1 is 1.60 bits per heavy atom. The SMILES string of the molecule is CNC(C)CCS(=O)(=O)O. The molecule has 0 aliphatic rings. The summed E-state index contributed by atoms with van der Waals surface area (Å²) in [4.78, 5) is 0. The van der Waals surface area contributed by atoms with E-state index in [-0.39, 0.29) is 11.8 Å². The molecule has 0 aromatic heterocycles. The second-order valence-corrected chi connectivity index (χ2v) is 3.84. The molecule has 2 N–H and O–H groups in total. The van der Waals surface area contributed by atoms with Gasteiger partial charge in [-0.1, -0.05) is 0 Å². The van der Waals surface area contributed by atoms with E-state index in [0.29, 0.717) is 6.42 Å². The van der Waals surface area contributed by atoms with Crippen LogP contribution in [0.25, 0.3) is 0 Å². The van der Waals surface area contributed by atoms with E-state index in [9.17, 15) is 8.42 Å². The number of hydrogen-bond donors (Lipinski definition) is 2. The molecular formula is C5H13NO3S. The summed E-state index contributed by atoms with van der Waals surface area (Å²) in [6, 6.07) is 0.127. The molecule has 0 heterocycles. The number of hydrogen-bond acceptors (Lipinski definition) is 3. The van der Waals surface area contributed by atoms with Crippen molar-refractivity contribution in [3.8, 4) is 0 Å². The molecule has 0 spiro atoms. The highest BCUT2D eigenvalue weighted by Crippen LogP contribution is 1.93. The highest BCUT2D eigenvalue weighted by molar-refractivity contribution is 7.85. The predicted octanol–water partition coefficient (Wildman–Crippen LogP) is -0.128. The Balaban J connectivity index is 3.56. The maximum Gasteiger partial charge on any atom is 0.264 e. The maximum atomic E-state index is 10.2. The van der Waals surface area contributed by atoms with Crippen molar-refractivity contribution in [1.29, 1.82) is 0 Å². The van der Waals surface area contributed by atoms with E-state index in [1.807, 2.05) is 6.92 Å². The Kier molecular flexibility index (Phi) is 3.85. The van der Waals surface area contributed by atoms with Crippen LogP contribution in [-0.4, -0.2) is 31.8 Å². The summed E-state index contributed by atoms with van der Waals surface area (Å²) in [5, 5.41) is 2.86. The van der Waals surface area contributed by atoms with Crippen molar-refractivity contribution in [3.05, 3.63) is 0 Å². The van der Waals surface area contributed by atoms with Gasteiger partial charge in [0, 0.05) is 6.04 Å². The van der Waals surface area contributed by atoms with E-state index < -0.39 is 10.1 Å². The third-order valence-electron chi connectivity index (χ3n) is 1.30. The van der Waals surface area contributed by atoms with Gasteiger partial charge in [-0.05, 0) is 20.4 Å². The van der Waals surface area contributed by atoms with Crippen LogP contribution in [-0.2, 0) is 10.1 Å². The Morgan fingerprint density at radius 3 is 2.40 bits per heavy atom. The van der Waals surface area contributed by atoms with Crippen molar-refractivity contribution < 1.29 is 13.0 Å². The topological polar surface area (TPSA) is 66.4 Å². The van der Waals surface area contributed by atoms with Crippen LogP contribution in [0.15, 0.2) is 0 Å². The van der Waals surface area contributed by atoms with Crippen LogP contribution in [0.1, 0.15) is 13.3 Å². The molecule has 0 aromatic rings. The van der Waals surface area contributed by atoms with Crippen LogP contribution >= 0.6 is 0 Å². The highest BCUT2D eigenvalue weighted by atomic mass is 32.2. The molecule has 0 amide bonds. The second-order valence-electron chi connectivity index (χ2n) is 2.26. The number of rotatable bonds is 4. The van der Waals surface area contributed by atoms with Crippen molar-refractivity contribution in [3.63, 3.8) is 0 Å². The van der Waals surface area contributed by atoms with Crippen LogP contribution < -0.4 is 5.32 Å². The molecule has 0 bridgehead atoms. The Morgan fingerprint density at radius 2 is 2.10 bits per heavy atom. The second kappa shape index (κ2) is 3.90. The summed E-state index contributed by atoms with van der Waals surface area (Å²) in [6.45, 7) is 1.85. The Labute approximate surface area is 61.4 Å². The van der Waals surface area contributed by atoms with Crippen LogP contribution in [0, 0.1) is 0 Å². The lowest BCUT2D eigenvalue weighted by Crippen LogP contribution is -2.24. The van der Waals surface area contributed by atoms with Gasteiger partial charge in [-0.15, -0.1) is 0 Å².